The third-order valence-electron chi connectivity index (χ3n) is 5.08. The van der Waals surface area contributed by atoms with Gasteiger partial charge in [0.25, 0.3) is 11.8 Å². The summed E-state index contributed by atoms with van der Waals surface area (Å²) in [5.74, 6) is 0.829. The molecule has 144 valence electrons. The summed E-state index contributed by atoms with van der Waals surface area (Å²) in [5, 5.41) is 1.91. The van der Waals surface area contributed by atoms with Gasteiger partial charge in [-0.15, -0.1) is 11.3 Å². The van der Waals surface area contributed by atoms with Gasteiger partial charge in [0.2, 0.25) is 0 Å². The molecule has 1 aromatic heterocycles. The number of rotatable bonds is 4. The van der Waals surface area contributed by atoms with Crippen LogP contribution in [0.25, 0.3) is 0 Å². The van der Waals surface area contributed by atoms with E-state index in [1.165, 1.54) is 11.3 Å². The molecule has 5 nitrogen and oxygen atoms in total. The molecule has 1 aliphatic rings. The Kier molecular flexibility index (Phi) is 6.16. The van der Waals surface area contributed by atoms with Crippen LogP contribution in [0.2, 0.25) is 0 Å². The summed E-state index contributed by atoms with van der Waals surface area (Å²) in [5.41, 5.74) is 3.27. The van der Waals surface area contributed by atoms with Gasteiger partial charge in [-0.3, -0.25) is 9.59 Å². The number of hydrogen-bond donors (Lipinski definition) is 0. The van der Waals surface area contributed by atoms with Crippen molar-refractivity contribution in [2.75, 3.05) is 32.8 Å². The highest BCUT2D eigenvalue weighted by molar-refractivity contribution is 7.12. The number of ether oxygens (including phenoxy) is 1. The van der Waals surface area contributed by atoms with Gasteiger partial charge < -0.3 is 14.5 Å². The van der Waals surface area contributed by atoms with E-state index in [0.29, 0.717) is 26.2 Å². The maximum atomic E-state index is 12.6. The molecule has 0 spiro atoms. The van der Waals surface area contributed by atoms with E-state index < -0.39 is 0 Å². The molecule has 2 aromatic rings. The molecule has 0 radical (unpaired) electrons. The SMILES string of the molecule is Cc1ccc(C)c(OCC(=O)N2CCCN(C(=O)c3cccs3)CC2)c1C. The molecule has 2 heterocycles. The van der Waals surface area contributed by atoms with Crippen molar-refractivity contribution < 1.29 is 14.3 Å². The van der Waals surface area contributed by atoms with Gasteiger partial charge in [-0.25, -0.2) is 0 Å². The summed E-state index contributed by atoms with van der Waals surface area (Å²) in [6.45, 7) is 8.52. The molecule has 27 heavy (non-hydrogen) atoms. The Morgan fingerprint density at radius 2 is 1.70 bits per heavy atom. The van der Waals surface area contributed by atoms with Crippen molar-refractivity contribution in [2.24, 2.45) is 0 Å². The molecule has 1 fully saturated rings. The van der Waals surface area contributed by atoms with E-state index in [1.807, 2.05) is 54.2 Å². The third kappa shape index (κ3) is 4.50. The molecule has 0 unspecified atom stereocenters. The van der Waals surface area contributed by atoms with Gasteiger partial charge in [-0.2, -0.15) is 0 Å². The van der Waals surface area contributed by atoms with E-state index in [-0.39, 0.29) is 18.4 Å². The minimum Gasteiger partial charge on any atom is -0.483 e. The lowest BCUT2D eigenvalue weighted by atomic mass is 10.1. The van der Waals surface area contributed by atoms with Gasteiger partial charge in [0, 0.05) is 26.2 Å². The van der Waals surface area contributed by atoms with Gasteiger partial charge >= 0.3 is 0 Å². The molecule has 1 saturated heterocycles. The van der Waals surface area contributed by atoms with Crippen molar-refractivity contribution in [2.45, 2.75) is 27.2 Å². The average Bonchev–Trinajstić information content (AvgIpc) is 3.08. The van der Waals surface area contributed by atoms with Crippen LogP contribution in [0.15, 0.2) is 29.6 Å². The van der Waals surface area contributed by atoms with Crippen LogP contribution in [-0.2, 0) is 4.79 Å². The van der Waals surface area contributed by atoms with Gasteiger partial charge in [0.15, 0.2) is 6.61 Å². The zero-order valence-electron chi connectivity index (χ0n) is 16.2. The Labute approximate surface area is 164 Å². The highest BCUT2D eigenvalue weighted by Crippen LogP contribution is 2.25. The number of carbonyl (C=O) groups excluding carboxylic acids is 2. The molecule has 2 amide bonds. The lowest BCUT2D eigenvalue weighted by Crippen LogP contribution is -2.39. The predicted molar refractivity (Wildman–Crippen MR) is 108 cm³/mol. The highest BCUT2D eigenvalue weighted by Gasteiger charge is 2.23. The number of nitrogens with zero attached hydrogens (tertiary/aromatic N) is 2. The Bertz CT molecular complexity index is 817. The van der Waals surface area contributed by atoms with Crippen LogP contribution in [-0.4, -0.2) is 54.4 Å². The van der Waals surface area contributed by atoms with E-state index in [0.717, 1.165) is 33.7 Å². The smallest absolute Gasteiger partial charge is 0.263 e. The van der Waals surface area contributed by atoms with Crippen LogP contribution in [0.5, 0.6) is 5.75 Å². The van der Waals surface area contributed by atoms with Crippen LogP contribution in [0.3, 0.4) is 0 Å². The fraction of sp³-hybridized carbons (Fsp3) is 0.429. The second-order valence-corrected chi connectivity index (χ2v) is 7.89. The Hall–Kier alpha value is -2.34. The largest absolute Gasteiger partial charge is 0.483 e. The summed E-state index contributed by atoms with van der Waals surface area (Å²) in [6, 6.07) is 7.81. The quantitative estimate of drug-likeness (QED) is 0.809. The van der Waals surface area contributed by atoms with Crippen LogP contribution in [0, 0.1) is 20.8 Å². The molecule has 3 rings (SSSR count). The fourth-order valence-electron chi connectivity index (χ4n) is 3.30. The topological polar surface area (TPSA) is 49.9 Å². The highest BCUT2D eigenvalue weighted by atomic mass is 32.1. The number of hydrogen-bond acceptors (Lipinski definition) is 4. The molecule has 6 heteroatoms. The van der Waals surface area contributed by atoms with Crippen molar-refractivity contribution >= 4 is 23.2 Å². The molecule has 0 saturated carbocycles. The first kappa shape index (κ1) is 19.4. The molecule has 1 aromatic carbocycles. The van der Waals surface area contributed by atoms with E-state index in [2.05, 4.69) is 6.07 Å². The van der Waals surface area contributed by atoms with Crippen LogP contribution in [0.4, 0.5) is 0 Å². The molecule has 0 bridgehead atoms. The number of amides is 2. The monoisotopic (exact) mass is 386 g/mol. The lowest BCUT2D eigenvalue weighted by molar-refractivity contribution is -0.133. The molecular formula is C21H26N2O3S. The van der Waals surface area contributed by atoms with Crippen LogP contribution in [0.1, 0.15) is 32.8 Å². The Balaban J connectivity index is 1.57. The van der Waals surface area contributed by atoms with E-state index in [4.69, 9.17) is 4.74 Å². The minimum atomic E-state index is -0.0271. The van der Waals surface area contributed by atoms with Crippen molar-refractivity contribution in [1.82, 2.24) is 9.80 Å². The second-order valence-electron chi connectivity index (χ2n) is 6.95. The first-order valence-electron chi connectivity index (χ1n) is 9.27. The first-order valence-corrected chi connectivity index (χ1v) is 10.2. The molecule has 0 N–H and O–H groups in total. The summed E-state index contributed by atoms with van der Waals surface area (Å²) in [6.07, 6.45) is 0.783. The lowest BCUT2D eigenvalue weighted by Gasteiger charge is -2.22. The Morgan fingerprint density at radius 3 is 2.44 bits per heavy atom. The maximum Gasteiger partial charge on any atom is 0.263 e. The number of carbonyl (C=O) groups is 2. The van der Waals surface area contributed by atoms with Crippen molar-refractivity contribution in [1.29, 1.82) is 0 Å². The Morgan fingerprint density at radius 1 is 1.00 bits per heavy atom. The molecular weight excluding hydrogens is 360 g/mol. The maximum absolute atomic E-state index is 12.6. The zero-order chi connectivity index (χ0) is 19.4. The summed E-state index contributed by atoms with van der Waals surface area (Å²) in [4.78, 5) is 29.6. The van der Waals surface area contributed by atoms with Gasteiger partial charge in [0.1, 0.15) is 5.75 Å². The predicted octanol–water partition coefficient (Wildman–Crippen LogP) is 3.43. The minimum absolute atomic E-state index is 0.0271. The molecule has 0 atom stereocenters. The van der Waals surface area contributed by atoms with Crippen LogP contribution < -0.4 is 4.74 Å². The zero-order valence-corrected chi connectivity index (χ0v) is 17.0. The standard InChI is InChI=1S/C21H26N2O3S/c1-15-7-8-16(2)20(17(15)3)26-14-19(24)22-9-5-10-23(12-11-22)21(25)18-6-4-13-27-18/h4,6-8,13H,5,9-12,14H2,1-3H3. The number of aryl methyl sites for hydroxylation is 2. The molecule has 1 aliphatic heterocycles. The van der Waals surface area contributed by atoms with Crippen molar-refractivity contribution in [3.8, 4) is 5.75 Å². The third-order valence-corrected chi connectivity index (χ3v) is 5.94. The fourth-order valence-corrected chi connectivity index (χ4v) is 3.99. The summed E-state index contributed by atoms with van der Waals surface area (Å²) >= 11 is 1.46. The van der Waals surface area contributed by atoms with Gasteiger partial charge in [0.05, 0.1) is 4.88 Å². The number of benzene rings is 1. The van der Waals surface area contributed by atoms with Gasteiger partial charge in [-0.05, 0) is 55.3 Å². The average molecular weight is 387 g/mol. The number of thiophene rings is 1. The van der Waals surface area contributed by atoms with Crippen molar-refractivity contribution in [3.63, 3.8) is 0 Å². The van der Waals surface area contributed by atoms with E-state index in [9.17, 15) is 9.59 Å². The van der Waals surface area contributed by atoms with E-state index >= 15 is 0 Å². The summed E-state index contributed by atoms with van der Waals surface area (Å²) in [7, 11) is 0. The normalized spacial score (nSPS) is 14.8. The molecule has 0 aliphatic carbocycles. The van der Waals surface area contributed by atoms with Crippen LogP contribution >= 0.6 is 11.3 Å². The van der Waals surface area contributed by atoms with Crippen molar-refractivity contribution in [3.05, 3.63) is 51.2 Å². The van der Waals surface area contributed by atoms with E-state index in [1.54, 1.807) is 0 Å². The van der Waals surface area contributed by atoms with Gasteiger partial charge in [-0.1, -0.05) is 18.2 Å². The second kappa shape index (κ2) is 8.57. The summed E-state index contributed by atoms with van der Waals surface area (Å²) < 4.78 is 5.87. The first-order chi connectivity index (χ1) is 13.0.